The van der Waals surface area contributed by atoms with E-state index in [-0.39, 0.29) is 25.5 Å². The van der Waals surface area contributed by atoms with Crippen LogP contribution >= 0.6 is 0 Å². The second-order valence-corrected chi connectivity index (χ2v) is 13.7. The van der Waals surface area contributed by atoms with Gasteiger partial charge in [0.15, 0.2) is 0 Å². The van der Waals surface area contributed by atoms with Crippen LogP contribution in [-0.4, -0.2) is 15.0 Å². The van der Waals surface area contributed by atoms with Crippen LogP contribution in [0.1, 0.15) is 31.9 Å². The molecule has 52 heavy (non-hydrogen) atoms. The van der Waals surface area contributed by atoms with E-state index < -0.39 is 0 Å². The molecule has 8 rings (SSSR count). The molecular weight excluding hydrogens is 811 g/mol. The van der Waals surface area contributed by atoms with Crippen molar-refractivity contribution in [3.8, 4) is 55.9 Å². The van der Waals surface area contributed by atoms with Crippen LogP contribution in [0.25, 0.3) is 66.8 Å². The Labute approximate surface area is 320 Å². The summed E-state index contributed by atoms with van der Waals surface area (Å²) >= 11 is 0. The minimum Gasteiger partial charge on any atom is -0.305 e. The van der Waals surface area contributed by atoms with E-state index in [1.54, 1.807) is 0 Å². The number of rotatable bonds is 5. The molecule has 0 bridgehead atoms. The molecule has 3 heterocycles. The van der Waals surface area contributed by atoms with Crippen LogP contribution in [0.3, 0.4) is 0 Å². The molecule has 4 heteroatoms. The molecule has 0 saturated heterocycles. The van der Waals surface area contributed by atoms with Crippen molar-refractivity contribution in [1.82, 2.24) is 15.0 Å². The number of pyridine rings is 3. The summed E-state index contributed by atoms with van der Waals surface area (Å²) in [6.07, 6.45) is 5.59. The second kappa shape index (κ2) is 16.2. The van der Waals surface area contributed by atoms with Crippen molar-refractivity contribution in [3.05, 3.63) is 187 Å². The maximum absolute atomic E-state index is 4.85. The molecule has 0 aliphatic heterocycles. The fraction of sp³-hybridized carbons (Fsp3) is 0.104. The minimum atomic E-state index is 0. The van der Waals surface area contributed by atoms with Gasteiger partial charge in [-0.25, -0.2) is 0 Å². The number of aromatic nitrogens is 3. The molecular formula is C48H39IrN3-2. The normalized spacial score (nSPS) is 10.9. The van der Waals surface area contributed by atoms with Crippen molar-refractivity contribution in [2.24, 2.45) is 0 Å². The van der Waals surface area contributed by atoms with Gasteiger partial charge < -0.3 is 9.97 Å². The summed E-state index contributed by atoms with van der Waals surface area (Å²) in [5, 5.41) is 1.14. The number of fused-ring (bicyclic) bond motifs is 1. The average molecular weight is 850 g/mol. The summed E-state index contributed by atoms with van der Waals surface area (Å²) in [5.74, 6) is 0. The molecule has 0 aliphatic carbocycles. The van der Waals surface area contributed by atoms with E-state index in [1.165, 1.54) is 33.4 Å². The van der Waals surface area contributed by atoms with Gasteiger partial charge in [-0.1, -0.05) is 111 Å². The third kappa shape index (κ3) is 8.32. The molecule has 0 N–H and O–H groups in total. The van der Waals surface area contributed by atoms with Crippen LogP contribution in [0.2, 0.25) is 0 Å². The molecule has 3 nitrogen and oxygen atoms in total. The molecule has 3 aromatic heterocycles. The Kier molecular flexibility index (Phi) is 11.3. The van der Waals surface area contributed by atoms with E-state index >= 15 is 0 Å². The average Bonchev–Trinajstić information content (AvgIpc) is 3.18. The van der Waals surface area contributed by atoms with Gasteiger partial charge in [-0.2, -0.15) is 0 Å². The van der Waals surface area contributed by atoms with Gasteiger partial charge >= 0.3 is 0 Å². The second-order valence-electron chi connectivity index (χ2n) is 13.7. The first-order chi connectivity index (χ1) is 24.8. The third-order valence-electron chi connectivity index (χ3n) is 8.97. The molecule has 1 radical (unpaired) electrons. The van der Waals surface area contributed by atoms with Crippen molar-refractivity contribution in [2.75, 3.05) is 0 Å². The maximum Gasteiger partial charge on any atom is 0.0770 e. The van der Waals surface area contributed by atoms with Gasteiger partial charge in [-0.05, 0) is 81.4 Å². The molecule has 0 atom stereocenters. The Bertz CT molecular complexity index is 2410. The number of aryl methyl sites for hydroxylation is 1. The minimum absolute atomic E-state index is 0. The van der Waals surface area contributed by atoms with Gasteiger partial charge in [0.2, 0.25) is 0 Å². The van der Waals surface area contributed by atoms with E-state index in [9.17, 15) is 0 Å². The van der Waals surface area contributed by atoms with Crippen molar-refractivity contribution in [3.63, 3.8) is 0 Å². The number of hydrogen-bond donors (Lipinski definition) is 0. The monoisotopic (exact) mass is 850 g/mol. The first-order valence-corrected chi connectivity index (χ1v) is 17.3. The Balaban J connectivity index is 0.000000279. The van der Waals surface area contributed by atoms with Gasteiger partial charge in [-0.3, -0.25) is 4.98 Å². The van der Waals surface area contributed by atoms with Gasteiger partial charge in [0.05, 0.1) is 5.52 Å². The van der Waals surface area contributed by atoms with E-state index in [2.05, 4.69) is 153 Å². The van der Waals surface area contributed by atoms with Crippen molar-refractivity contribution in [2.45, 2.75) is 33.1 Å². The molecule has 0 aliphatic rings. The molecule has 257 valence electrons. The van der Waals surface area contributed by atoms with Crippen LogP contribution in [0.5, 0.6) is 0 Å². The molecule has 0 amide bonds. The summed E-state index contributed by atoms with van der Waals surface area (Å²) in [4.78, 5) is 13.8. The van der Waals surface area contributed by atoms with Crippen LogP contribution in [0.4, 0.5) is 0 Å². The van der Waals surface area contributed by atoms with Gasteiger partial charge in [0, 0.05) is 44.1 Å². The van der Waals surface area contributed by atoms with Gasteiger partial charge in [-0.15, -0.1) is 65.7 Å². The molecule has 0 spiro atoms. The predicted octanol–water partition coefficient (Wildman–Crippen LogP) is 12.3. The standard InChI is InChI=1S/C36H29N2.C12H10N.Ir/c1-36(2,3)30-19-21-37-34(24-30)29-15-8-14-28(23-29)32-18-17-31(33-16-9-20-38-35(32)33)27-13-7-12-26(22-27)25-10-5-4-6-11-25;1-10-7-8-13-12(9-10)11-5-3-2-4-6-11;/h4-14,16-24H,1-3H3;2-5,7-9H,1H3;/q2*-1;. The van der Waals surface area contributed by atoms with E-state index in [1.807, 2.05) is 61.1 Å². The zero-order valence-electron chi connectivity index (χ0n) is 29.8. The molecule has 8 aromatic rings. The van der Waals surface area contributed by atoms with Crippen molar-refractivity contribution >= 4 is 10.9 Å². The largest absolute Gasteiger partial charge is 0.305 e. The Morgan fingerprint density at radius 3 is 1.94 bits per heavy atom. The van der Waals surface area contributed by atoms with Crippen LogP contribution in [0, 0.1) is 19.1 Å². The number of hydrogen-bond acceptors (Lipinski definition) is 3. The fourth-order valence-corrected chi connectivity index (χ4v) is 6.22. The maximum atomic E-state index is 4.85. The fourth-order valence-electron chi connectivity index (χ4n) is 6.22. The topological polar surface area (TPSA) is 38.7 Å². The molecule has 5 aromatic carbocycles. The Hall–Kier alpha value is -5.54. The van der Waals surface area contributed by atoms with Gasteiger partial charge in [0.1, 0.15) is 0 Å². The van der Waals surface area contributed by atoms with E-state index in [0.717, 1.165) is 44.5 Å². The van der Waals surface area contributed by atoms with E-state index in [4.69, 9.17) is 4.98 Å². The third-order valence-corrected chi connectivity index (χ3v) is 8.97. The molecule has 0 unspecified atom stereocenters. The Morgan fingerprint density at radius 1 is 0.481 bits per heavy atom. The van der Waals surface area contributed by atoms with E-state index in [0.29, 0.717) is 0 Å². The zero-order chi connectivity index (χ0) is 35.2. The first kappa shape index (κ1) is 36.3. The van der Waals surface area contributed by atoms with Crippen molar-refractivity contribution in [1.29, 1.82) is 0 Å². The summed E-state index contributed by atoms with van der Waals surface area (Å²) in [5.41, 5.74) is 14.5. The quantitative estimate of drug-likeness (QED) is 0.162. The summed E-state index contributed by atoms with van der Waals surface area (Å²) in [6.45, 7) is 8.73. The smallest absolute Gasteiger partial charge is 0.0770 e. The van der Waals surface area contributed by atoms with Crippen LogP contribution < -0.4 is 0 Å². The van der Waals surface area contributed by atoms with Crippen LogP contribution in [0.15, 0.2) is 164 Å². The summed E-state index contributed by atoms with van der Waals surface area (Å²) in [7, 11) is 0. The summed E-state index contributed by atoms with van der Waals surface area (Å²) in [6, 6.07) is 56.9. The molecule has 0 fully saturated rings. The predicted molar refractivity (Wildman–Crippen MR) is 212 cm³/mol. The van der Waals surface area contributed by atoms with Crippen molar-refractivity contribution < 1.29 is 20.1 Å². The summed E-state index contributed by atoms with van der Waals surface area (Å²) < 4.78 is 0. The van der Waals surface area contributed by atoms with Gasteiger partial charge in [0.25, 0.3) is 0 Å². The molecule has 0 saturated carbocycles. The first-order valence-electron chi connectivity index (χ1n) is 17.3. The zero-order valence-corrected chi connectivity index (χ0v) is 32.2. The SMILES string of the molecule is CC(C)(C)c1ccnc(-c2[c-]ccc(-c3ccc(-c4cccc(-c5ccccc5)c4)c4cccnc34)c2)c1.Cc1ccnc(-c2[c-]cccc2)c1.[Ir]. The number of nitrogens with zero attached hydrogens (tertiary/aromatic N) is 3. The number of benzene rings is 5. The van der Waals surface area contributed by atoms with Crippen LogP contribution in [-0.2, 0) is 25.5 Å². The Morgan fingerprint density at radius 2 is 1.17 bits per heavy atom.